The highest BCUT2D eigenvalue weighted by atomic mass is 16.6. The Kier molecular flexibility index (Phi) is 7.81. The van der Waals surface area contributed by atoms with E-state index in [1.54, 1.807) is 21.3 Å². The van der Waals surface area contributed by atoms with Crippen molar-refractivity contribution in [1.29, 1.82) is 0 Å². The van der Waals surface area contributed by atoms with Gasteiger partial charge in [-0.05, 0) is 80.3 Å². The lowest BCUT2D eigenvalue weighted by Gasteiger charge is -2.44. The molecule has 7 nitrogen and oxygen atoms in total. The Morgan fingerprint density at radius 3 is 2.16 bits per heavy atom. The first-order valence-corrected chi connectivity index (χ1v) is 12.4. The van der Waals surface area contributed by atoms with Gasteiger partial charge in [0, 0.05) is 12.2 Å². The number of benzene rings is 3. The molecule has 4 rings (SSSR count). The second-order valence-electron chi connectivity index (χ2n) is 10.1. The summed E-state index contributed by atoms with van der Waals surface area (Å²) < 4.78 is 22.6. The van der Waals surface area contributed by atoms with Gasteiger partial charge in [-0.1, -0.05) is 30.3 Å². The van der Waals surface area contributed by atoms with Gasteiger partial charge in [-0.25, -0.2) is 4.79 Å². The molecule has 1 aliphatic heterocycles. The third kappa shape index (κ3) is 5.93. The molecule has 2 atom stereocenters. The Morgan fingerprint density at radius 2 is 1.57 bits per heavy atom. The van der Waals surface area contributed by atoms with Crippen LogP contribution in [0, 0.1) is 0 Å². The molecule has 1 N–H and O–H groups in total. The molecular weight excluding hydrogens is 468 g/mol. The number of carbonyl (C=O) groups excluding carboxylic acids is 1. The molecular formula is C30H36N2O5. The predicted molar refractivity (Wildman–Crippen MR) is 145 cm³/mol. The van der Waals surface area contributed by atoms with Crippen molar-refractivity contribution in [3.8, 4) is 17.2 Å². The van der Waals surface area contributed by atoms with Crippen LogP contribution in [0.4, 0.5) is 10.5 Å². The molecule has 0 fully saturated rings. The Bertz CT molecular complexity index is 1210. The molecule has 1 heterocycles. The quantitative estimate of drug-likeness (QED) is 0.421. The maximum atomic E-state index is 13.8. The molecule has 0 aromatic heterocycles. The van der Waals surface area contributed by atoms with Crippen molar-refractivity contribution < 1.29 is 23.7 Å². The molecule has 1 amide bonds. The highest BCUT2D eigenvalue weighted by Gasteiger charge is 2.41. The van der Waals surface area contributed by atoms with Crippen LogP contribution in [0.5, 0.6) is 17.2 Å². The average molecular weight is 505 g/mol. The van der Waals surface area contributed by atoms with E-state index in [1.807, 2.05) is 92.4 Å². The Labute approximate surface area is 219 Å². The SMILES string of the molecule is COc1ccc([C@H]2c3cc(OC)c(OC)cc3C[C@@H](CNc3ccccc3)N2C(=O)OC(C)(C)C)cc1. The number of amides is 1. The number of fused-ring (bicyclic) bond motifs is 1. The first-order chi connectivity index (χ1) is 17.7. The van der Waals surface area contributed by atoms with Crippen molar-refractivity contribution in [3.63, 3.8) is 0 Å². The number of hydrogen-bond donors (Lipinski definition) is 1. The smallest absolute Gasteiger partial charge is 0.411 e. The molecule has 196 valence electrons. The summed E-state index contributed by atoms with van der Waals surface area (Å²) in [4.78, 5) is 15.7. The number of nitrogens with zero attached hydrogens (tertiary/aromatic N) is 1. The Balaban J connectivity index is 1.84. The standard InChI is InChI=1S/C30H36N2O5/c1-30(2,3)37-29(33)32-23(19-31-22-10-8-7-9-11-22)16-21-17-26(35-5)27(36-6)18-25(21)28(32)20-12-14-24(34-4)15-13-20/h7-15,17-18,23,28,31H,16,19H2,1-6H3/t23-,28-/m0/s1. The zero-order valence-corrected chi connectivity index (χ0v) is 22.4. The van der Waals surface area contributed by atoms with Crippen molar-refractivity contribution >= 4 is 11.8 Å². The molecule has 7 heteroatoms. The van der Waals surface area contributed by atoms with E-state index in [0.29, 0.717) is 24.5 Å². The van der Waals surface area contributed by atoms with Gasteiger partial charge in [0.15, 0.2) is 11.5 Å². The number of methoxy groups -OCH3 is 3. The van der Waals surface area contributed by atoms with Gasteiger partial charge in [0.05, 0.1) is 33.4 Å². The summed E-state index contributed by atoms with van der Waals surface area (Å²) in [6.07, 6.45) is 0.259. The predicted octanol–water partition coefficient (Wildman–Crippen LogP) is 6.08. The highest BCUT2D eigenvalue weighted by Crippen LogP contribution is 2.43. The zero-order valence-electron chi connectivity index (χ0n) is 22.4. The lowest BCUT2D eigenvalue weighted by molar-refractivity contribution is 0.00740. The van der Waals surface area contributed by atoms with Crippen molar-refractivity contribution in [2.75, 3.05) is 33.2 Å². The molecule has 0 saturated carbocycles. The molecule has 0 aliphatic carbocycles. The first-order valence-electron chi connectivity index (χ1n) is 12.4. The summed E-state index contributed by atoms with van der Waals surface area (Å²) in [5, 5.41) is 3.51. The molecule has 3 aromatic rings. The first kappa shape index (κ1) is 26.2. The fourth-order valence-electron chi connectivity index (χ4n) is 4.74. The van der Waals surface area contributed by atoms with E-state index in [0.717, 1.165) is 28.1 Å². The van der Waals surface area contributed by atoms with Crippen molar-refractivity contribution in [3.05, 3.63) is 83.4 Å². The summed E-state index contributed by atoms with van der Waals surface area (Å²) in [6.45, 7) is 6.20. The Hall–Kier alpha value is -3.87. The molecule has 3 aromatic carbocycles. The van der Waals surface area contributed by atoms with E-state index in [1.165, 1.54) is 0 Å². The second-order valence-corrected chi connectivity index (χ2v) is 10.1. The third-order valence-corrected chi connectivity index (χ3v) is 6.42. The minimum Gasteiger partial charge on any atom is -0.497 e. The van der Waals surface area contributed by atoms with E-state index in [-0.39, 0.29) is 12.1 Å². The molecule has 0 saturated heterocycles. The van der Waals surface area contributed by atoms with E-state index >= 15 is 0 Å². The van der Waals surface area contributed by atoms with Crippen LogP contribution in [0.15, 0.2) is 66.7 Å². The average Bonchev–Trinajstić information content (AvgIpc) is 2.89. The molecule has 1 aliphatic rings. The molecule has 0 spiro atoms. The van der Waals surface area contributed by atoms with Crippen LogP contribution < -0.4 is 19.5 Å². The summed E-state index contributed by atoms with van der Waals surface area (Å²) in [5.41, 5.74) is 3.37. The fraction of sp³-hybridized carbons (Fsp3) is 0.367. The fourth-order valence-corrected chi connectivity index (χ4v) is 4.74. The highest BCUT2D eigenvalue weighted by molar-refractivity contribution is 5.72. The number of hydrogen-bond acceptors (Lipinski definition) is 6. The van der Waals surface area contributed by atoms with Gasteiger partial charge in [-0.2, -0.15) is 0 Å². The van der Waals surface area contributed by atoms with E-state index < -0.39 is 11.6 Å². The largest absolute Gasteiger partial charge is 0.497 e. The van der Waals surface area contributed by atoms with Gasteiger partial charge in [0.25, 0.3) is 0 Å². The zero-order chi connectivity index (χ0) is 26.6. The van der Waals surface area contributed by atoms with Gasteiger partial charge in [0.2, 0.25) is 0 Å². The summed E-state index contributed by atoms with van der Waals surface area (Å²) >= 11 is 0. The number of nitrogens with one attached hydrogen (secondary N) is 1. The summed E-state index contributed by atoms with van der Waals surface area (Å²) in [7, 11) is 4.89. The molecule has 0 bridgehead atoms. The van der Waals surface area contributed by atoms with E-state index in [2.05, 4.69) is 5.32 Å². The van der Waals surface area contributed by atoms with Crippen molar-refractivity contribution in [2.24, 2.45) is 0 Å². The van der Waals surface area contributed by atoms with Gasteiger partial charge < -0.3 is 24.3 Å². The molecule has 37 heavy (non-hydrogen) atoms. The van der Waals surface area contributed by atoms with Crippen LogP contribution in [0.2, 0.25) is 0 Å². The maximum Gasteiger partial charge on any atom is 0.411 e. The van der Waals surface area contributed by atoms with Crippen LogP contribution in [-0.4, -0.2) is 50.5 Å². The lowest BCUT2D eigenvalue weighted by atomic mass is 9.84. The molecule has 0 radical (unpaired) electrons. The maximum absolute atomic E-state index is 13.8. The lowest BCUT2D eigenvalue weighted by Crippen LogP contribution is -2.52. The van der Waals surface area contributed by atoms with Crippen LogP contribution in [0.1, 0.15) is 43.5 Å². The van der Waals surface area contributed by atoms with Crippen LogP contribution in [-0.2, 0) is 11.2 Å². The van der Waals surface area contributed by atoms with Gasteiger partial charge in [-0.3, -0.25) is 4.90 Å². The third-order valence-electron chi connectivity index (χ3n) is 6.42. The number of rotatable bonds is 7. The molecule has 0 unspecified atom stereocenters. The van der Waals surface area contributed by atoms with E-state index in [9.17, 15) is 4.79 Å². The topological polar surface area (TPSA) is 69.3 Å². The van der Waals surface area contributed by atoms with Gasteiger partial charge in [0.1, 0.15) is 11.4 Å². The minimum absolute atomic E-state index is 0.187. The number of carbonyl (C=O) groups is 1. The monoisotopic (exact) mass is 504 g/mol. The van der Waals surface area contributed by atoms with Crippen LogP contribution in [0.3, 0.4) is 0 Å². The Morgan fingerprint density at radius 1 is 0.919 bits per heavy atom. The van der Waals surface area contributed by atoms with Gasteiger partial charge in [-0.15, -0.1) is 0 Å². The van der Waals surface area contributed by atoms with Crippen molar-refractivity contribution in [2.45, 2.75) is 44.9 Å². The summed E-state index contributed by atoms with van der Waals surface area (Å²) in [6, 6.07) is 21.2. The van der Waals surface area contributed by atoms with Gasteiger partial charge >= 0.3 is 6.09 Å². The normalized spacial score (nSPS) is 17.0. The number of anilines is 1. The van der Waals surface area contributed by atoms with Crippen LogP contribution >= 0.6 is 0 Å². The van der Waals surface area contributed by atoms with Crippen molar-refractivity contribution in [1.82, 2.24) is 4.90 Å². The van der Waals surface area contributed by atoms with Crippen LogP contribution in [0.25, 0.3) is 0 Å². The second kappa shape index (κ2) is 11.0. The number of ether oxygens (including phenoxy) is 4. The van der Waals surface area contributed by atoms with E-state index in [4.69, 9.17) is 18.9 Å². The summed E-state index contributed by atoms with van der Waals surface area (Å²) in [5.74, 6) is 2.03. The number of para-hydroxylation sites is 1. The minimum atomic E-state index is -0.642.